The van der Waals surface area contributed by atoms with Crippen LogP contribution in [-0.2, 0) is 23.7 Å². The Kier molecular flexibility index (Phi) is 5.96. The van der Waals surface area contributed by atoms with E-state index >= 15 is 0 Å². The van der Waals surface area contributed by atoms with Crippen molar-refractivity contribution in [1.29, 1.82) is 0 Å². The summed E-state index contributed by atoms with van der Waals surface area (Å²) in [6, 6.07) is 8.63. The number of carbonyl (C=O) groups is 1. The van der Waals surface area contributed by atoms with Crippen LogP contribution in [0, 0.1) is 0 Å². The van der Waals surface area contributed by atoms with Gasteiger partial charge in [-0.2, -0.15) is 26.3 Å². The maximum Gasteiger partial charge on any atom is 0.416 e. The second-order valence-electron chi connectivity index (χ2n) is 6.28. The van der Waals surface area contributed by atoms with Crippen molar-refractivity contribution in [1.82, 2.24) is 5.16 Å². The lowest BCUT2D eigenvalue weighted by atomic mass is 10.0. The first-order valence-electron chi connectivity index (χ1n) is 8.54. The zero-order valence-electron chi connectivity index (χ0n) is 15.7. The van der Waals surface area contributed by atoms with Crippen LogP contribution < -0.4 is 4.74 Å². The van der Waals surface area contributed by atoms with E-state index in [2.05, 4.69) is 5.16 Å². The summed E-state index contributed by atoms with van der Waals surface area (Å²) in [6.45, 7) is -0.518. The smallest absolute Gasteiger partial charge is 0.416 e. The molecule has 0 unspecified atom stereocenters. The molecule has 0 radical (unpaired) electrons. The number of nitrogens with zero attached hydrogens (tertiary/aromatic N) is 1. The van der Waals surface area contributed by atoms with Crippen LogP contribution in [0.5, 0.6) is 5.75 Å². The molecule has 0 saturated carbocycles. The highest BCUT2D eigenvalue weighted by molar-refractivity contribution is 5.90. The molecule has 2 aromatic carbocycles. The summed E-state index contributed by atoms with van der Waals surface area (Å²) >= 11 is 0. The molecule has 1 heterocycles. The number of benzene rings is 2. The topological polar surface area (TPSA) is 61.6 Å². The molecule has 3 aromatic rings. The second-order valence-corrected chi connectivity index (χ2v) is 6.28. The molecule has 31 heavy (non-hydrogen) atoms. The molecule has 0 aliphatic carbocycles. The maximum absolute atomic E-state index is 12.9. The molecule has 0 amide bonds. The molecule has 5 nitrogen and oxygen atoms in total. The van der Waals surface area contributed by atoms with Gasteiger partial charge in [-0.1, -0.05) is 5.16 Å². The van der Waals surface area contributed by atoms with E-state index in [0.29, 0.717) is 29.2 Å². The molecule has 0 aliphatic rings. The summed E-state index contributed by atoms with van der Waals surface area (Å²) < 4.78 is 92.4. The first kappa shape index (κ1) is 22.2. The van der Waals surface area contributed by atoms with Crippen molar-refractivity contribution in [2.75, 3.05) is 7.11 Å². The minimum atomic E-state index is -5.07. The number of alkyl halides is 6. The van der Waals surface area contributed by atoms with Gasteiger partial charge in [0, 0.05) is 11.6 Å². The molecule has 0 saturated heterocycles. The van der Waals surface area contributed by atoms with Crippen molar-refractivity contribution in [3.05, 3.63) is 70.9 Å². The van der Waals surface area contributed by atoms with Crippen LogP contribution in [0.2, 0.25) is 0 Å². The predicted octanol–water partition coefficient (Wildman–Crippen LogP) is 5.74. The number of esters is 1. The van der Waals surface area contributed by atoms with Crippen molar-refractivity contribution >= 4 is 5.97 Å². The van der Waals surface area contributed by atoms with Crippen LogP contribution in [0.1, 0.15) is 27.2 Å². The number of methoxy groups -OCH3 is 1. The fourth-order valence-corrected chi connectivity index (χ4v) is 2.57. The number of carbonyl (C=O) groups excluding carboxylic acids is 1. The Morgan fingerprint density at radius 2 is 1.52 bits per heavy atom. The fraction of sp³-hybridized carbons (Fsp3) is 0.200. The third-order valence-corrected chi connectivity index (χ3v) is 4.11. The van der Waals surface area contributed by atoms with E-state index in [1.54, 1.807) is 24.3 Å². The predicted molar refractivity (Wildman–Crippen MR) is 94.1 cm³/mol. The van der Waals surface area contributed by atoms with Crippen molar-refractivity contribution in [2.45, 2.75) is 19.0 Å². The standard InChI is InChI=1S/C20H13F6NO4/c1-29-16-4-2-11(3-5-16)17-9-15(27-31-17)10-30-18(28)12-6-13(19(21,22)23)8-14(7-12)20(24,25)26/h2-9H,10H2,1H3. The quantitative estimate of drug-likeness (QED) is 0.370. The van der Waals surface area contributed by atoms with Gasteiger partial charge in [-0.25, -0.2) is 4.79 Å². The lowest BCUT2D eigenvalue weighted by Gasteiger charge is -2.13. The van der Waals surface area contributed by atoms with Crippen LogP contribution in [0.3, 0.4) is 0 Å². The first-order valence-corrected chi connectivity index (χ1v) is 8.54. The highest BCUT2D eigenvalue weighted by Gasteiger charge is 2.37. The summed E-state index contributed by atoms with van der Waals surface area (Å²) in [5, 5.41) is 3.67. The molecule has 0 aliphatic heterocycles. The van der Waals surface area contributed by atoms with E-state index in [4.69, 9.17) is 14.0 Å². The number of aromatic nitrogens is 1. The molecule has 0 N–H and O–H groups in total. The number of rotatable bonds is 5. The first-order chi connectivity index (χ1) is 14.5. The summed E-state index contributed by atoms with van der Waals surface area (Å²) in [7, 11) is 1.50. The van der Waals surface area contributed by atoms with Gasteiger partial charge in [0.25, 0.3) is 0 Å². The van der Waals surface area contributed by atoms with Crippen molar-refractivity contribution in [3.8, 4) is 17.1 Å². The van der Waals surface area contributed by atoms with E-state index in [1.165, 1.54) is 13.2 Å². The number of hydrogen-bond donors (Lipinski definition) is 0. The molecule has 1 aromatic heterocycles. The van der Waals surface area contributed by atoms with Crippen molar-refractivity contribution < 1.29 is 45.1 Å². The summed E-state index contributed by atoms with van der Waals surface area (Å²) in [4.78, 5) is 12.1. The third kappa shape index (κ3) is 5.36. The van der Waals surface area contributed by atoms with Gasteiger partial charge in [0.15, 0.2) is 5.76 Å². The Bertz CT molecular complexity index is 1040. The summed E-state index contributed by atoms with van der Waals surface area (Å²) in [5.41, 5.74) is -3.38. The SMILES string of the molecule is COc1ccc(-c2cc(COC(=O)c3cc(C(F)(F)F)cc(C(F)(F)F)c3)no2)cc1. The largest absolute Gasteiger partial charge is 0.497 e. The van der Waals surface area contributed by atoms with Gasteiger partial charge in [0.1, 0.15) is 18.1 Å². The monoisotopic (exact) mass is 445 g/mol. The lowest BCUT2D eigenvalue weighted by molar-refractivity contribution is -0.143. The van der Waals surface area contributed by atoms with Gasteiger partial charge in [0.05, 0.1) is 23.8 Å². The van der Waals surface area contributed by atoms with Gasteiger partial charge in [-0.05, 0) is 42.5 Å². The normalized spacial score (nSPS) is 12.0. The molecule has 0 fully saturated rings. The van der Waals surface area contributed by atoms with Crippen LogP contribution in [0.25, 0.3) is 11.3 Å². The molecule has 0 bridgehead atoms. The van der Waals surface area contributed by atoms with E-state index in [-0.39, 0.29) is 11.8 Å². The zero-order valence-corrected chi connectivity index (χ0v) is 15.7. The highest BCUT2D eigenvalue weighted by Crippen LogP contribution is 2.36. The van der Waals surface area contributed by atoms with Crippen LogP contribution >= 0.6 is 0 Å². The van der Waals surface area contributed by atoms with Crippen LogP contribution in [0.15, 0.2) is 53.1 Å². The van der Waals surface area contributed by atoms with Gasteiger partial charge in [-0.15, -0.1) is 0 Å². The molecule has 0 atom stereocenters. The van der Waals surface area contributed by atoms with Crippen molar-refractivity contribution in [2.24, 2.45) is 0 Å². The van der Waals surface area contributed by atoms with Crippen molar-refractivity contribution in [3.63, 3.8) is 0 Å². The number of halogens is 6. The molecular weight excluding hydrogens is 432 g/mol. The number of ether oxygens (including phenoxy) is 2. The average Bonchev–Trinajstić information content (AvgIpc) is 3.19. The Balaban J connectivity index is 1.75. The van der Waals surface area contributed by atoms with Gasteiger partial charge < -0.3 is 14.0 Å². The molecular formula is C20H13F6NO4. The summed E-state index contributed by atoms with van der Waals surface area (Å²) in [6.07, 6.45) is -10.1. The molecule has 11 heteroatoms. The van der Waals surface area contributed by atoms with Crippen LogP contribution in [0.4, 0.5) is 26.3 Å². The average molecular weight is 445 g/mol. The Morgan fingerprint density at radius 1 is 0.935 bits per heavy atom. The second kappa shape index (κ2) is 8.32. The molecule has 3 rings (SSSR count). The minimum Gasteiger partial charge on any atom is -0.497 e. The highest BCUT2D eigenvalue weighted by atomic mass is 19.4. The van der Waals surface area contributed by atoms with E-state index in [0.717, 1.165) is 0 Å². The Hall–Kier alpha value is -3.50. The van der Waals surface area contributed by atoms with Gasteiger partial charge >= 0.3 is 18.3 Å². The minimum absolute atomic E-state index is 0.0739. The van der Waals surface area contributed by atoms with Gasteiger partial charge in [-0.3, -0.25) is 0 Å². The Labute approximate surface area is 171 Å². The zero-order chi connectivity index (χ0) is 22.8. The lowest BCUT2D eigenvalue weighted by Crippen LogP contribution is -2.14. The van der Waals surface area contributed by atoms with E-state index in [9.17, 15) is 31.1 Å². The third-order valence-electron chi connectivity index (χ3n) is 4.11. The fourth-order valence-electron chi connectivity index (χ4n) is 2.57. The molecule has 164 valence electrons. The van der Waals surface area contributed by atoms with Crippen LogP contribution in [-0.4, -0.2) is 18.2 Å². The van der Waals surface area contributed by atoms with E-state index in [1.807, 2.05) is 0 Å². The Morgan fingerprint density at radius 3 is 2.03 bits per heavy atom. The molecule has 0 spiro atoms. The van der Waals surface area contributed by atoms with Gasteiger partial charge in [0.2, 0.25) is 0 Å². The van der Waals surface area contributed by atoms with E-state index < -0.39 is 41.6 Å². The summed E-state index contributed by atoms with van der Waals surface area (Å²) in [5.74, 6) is -0.450. The maximum atomic E-state index is 12.9. The number of hydrogen-bond acceptors (Lipinski definition) is 5.